The van der Waals surface area contributed by atoms with E-state index < -0.39 is 11.0 Å². The molecule has 4 rings (SSSR count). The zero-order valence-corrected chi connectivity index (χ0v) is 19.7. The molecule has 0 aliphatic carbocycles. The van der Waals surface area contributed by atoms with Gasteiger partial charge in [-0.25, -0.2) is 9.19 Å². The highest BCUT2D eigenvalue weighted by molar-refractivity contribution is 7.86. The van der Waals surface area contributed by atoms with Gasteiger partial charge in [-0.1, -0.05) is 12.1 Å². The summed E-state index contributed by atoms with van der Waals surface area (Å²) in [4.78, 5) is 22.3. The largest absolute Gasteiger partial charge is 0.494 e. The maximum absolute atomic E-state index is 13.3. The number of hydrogen-bond donors (Lipinski definition) is 1. The maximum atomic E-state index is 13.3. The van der Waals surface area contributed by atoms with Gasteiger partial charge in [0.05, 0.1) is 11.5 Å². The predicted molar refractivity (Wildman–Crippen MR) is 131 cm³/mol. The number of piperazine rings is 1. The first-order valence-corrected chi connectivity index (χ1v) is 12.2. The summed E-state index contributed by atoms with van der Waals surface area (Å²) in [5.41, 5.74) is 2.17. The number of aromatic nitrogens is 1. The van der Waals surface area contributed by atoms with Gasteiger partial charge in [0.2, 0.25) is 0 Å². The number of anilines is 2. The molecule has 2 heterocycles. The van der Waals surface area contributed by atoms with Crippen molar-refractivity contribution in [2.45, 2.75) is 18.7 Å². The fourth-order valence-corrected chi connectivity index (χ4v) is 4.63. The molecule has 7 nitrogen and oxygen atoms in total. The van der Waals surface area contributed by atoms with Crippen LogP contribution in [-0.2, 0) is 11.0 Å². The fraction of sp³-hybridized carbons (Fsp3) is 0.280. The van der Waals surface area contributed by atoms with Gasteiger partial charge >= 0.3 is 0 Å². The van der Waals surface area contributed by atoms with Crippen molar-refractivity contribution >= 4 is 28.4 Å². The van der Waals surface area contributed by atoms with E-state index in [1.165, 1.54) is 0 Å². The molecule has 8 heteroatoms. The molecule has 1 atom stereocenters. The molecule has 1 aliphatic heterocycles. The third-order valence-corrected chi connectivity index (χ3v) is 6.67. The van der Waals surface area contributed by atoms with Crippen LogP contribution in [0.4, 0.5) is 11.5 Å². The summed E-state index contributed by atoms with van der Waals surface area (Å²) in [5, 5.41) is 0. The molecule has 3 aromatic rings. The lowest BCUT2D eigenvalue weighted by molar-refractivity contribution is 0.0745. The molecule has 0 saturated carbocycles. The SMILES string of the molecule is CCOc1ccc(NS(=O)c2ccc(C)c(C(=O)N3CCN(c4ccccn4)CC3)c2)cc1. The highest BCUT2D eigenvalue weighted by Crippen LogP contribution is 2.21. The molecule has 0 spiro atoms. The smallest absolute Gasteiger partial charge is 0.254 e. The quantitative estimate of drug-likeness (QED) is 0.574. The standard InChI is InChI=1S/C25H28N4O3S/c1-3-32-21-10-8-20(9-11-21)27-33(31)22-12-7-19(2)23(18-22)25(30)29-16-14-28(15-17-29)24-6-4-5-13-26-24/h4-13,18,27H,3,14-17H2,1-2H3. The Kier molecular flexibility index (Phi) is 7.24. The number of hydrogen-bond acceptors (Lipinski definition) is 5. The molecule has 0 bridgehead atoms. The maximum Gasteiger partial charge on any atom is 0.254 e. The second-order valence-corrected chi connectivity index (χ2v) is 8.99. The van der Waals surface area contributed by atoms with Crippen LogP contribution in [0.1, 0.15) is 22.8 Å². The van der Waals surface area contributed by atoms with Crippen LogP contribution in [0.25, 0.3) is 0 Å². The first kappa shape index (κ1) is 22.8. The topological polar surface area (TPSA) is 74.8 Å². The number of pyridine rings is 1. The van der Waals surface area contributed by atoms with Crippen LogP contribution >= 0.6 is 0 Å². The number of rotatable bonds is 7. The number of amides is 1. The van der Waals surface area contributed by atoms with E-state index in [2.05, 4.69) is 14.6 Å². The van der Waals surface area contributed by atoms with E-state index in [0.29, 0.717) is 30.2 Å². The van der Waals surface area contributed by atoms with E-state index in [9.17, 15) is 9.00 Å². The molecule has 2 aromatic carbocycles. The predicted octanol–water partition coefficient (Wildman–Crippen LogP) is 3.89. The van der Waals surface area contributed by atoms with Crippen molar-refractivity contribution < 1.29 is 13.7 Å². The lowest BCUT2D eigenvalue weighted by Gasteiger charge is -2.35. The first-order valence-electron chi connectivity index (χ1n) is 11.0. The molecular formula is C25H28N4O3S. The van der Waals surface area contributed by atoms with Gasteiger partial charge in [0.1, 0.15) is 22.6 Å². The molecule has 1 fully saturated rings. The van der Waals surface area contributed by atoms with E-state index in [4.69, 9.17) is 4.74 Å². The van der Waals surface area contributed by atoms with E-state index >= 15 is 0 Å². The van der Waals surface area contributed by atoms with Crippen LogP contribution in [-0.4, -0.2) is 52.8 Å². The number of carbonyl (C=O) groups is 1. The highest BCUT2D eigenvalue weighted by atomic mass is 32.2. The van der Waals surface area contributed by atoms with Gasteiger partial charge in [-0.15, -0.1) is 0 Å². The minimum absolute atomic E-state index is 0.0342. The Bertz CT molecular complexity index is 1110. The number of aryl methyl sites for hydroxylation is 1. The third-order valence-electron chi connectivity index (χ3n) is 5.57. The minimum Gasteiger partial charge on any atom is -0.494 e. The van der Waals surface area contributed by atoms with Crippen LogP contribution < -0.4 is 14.4 Å². The van der Waals surface area contributed by atoms with Gasteiger partial charge in [-0.3, -0.25) is 4.79 Å². The van der Waals surface area contributed by atoms with Crippen molar-refractivity contribution in [2.24, 2.45) is 0 Å². The summed E-state index contributed by atoms with van der Waals surface area (Å²) in [5.74, 6) is 1.66. The summed E-state index contributed by atoms with van der Waals surface area (Å²) in [7, 11) is -1.49. The second-order valence-electron chi connectivity index (χ2n) is 7.77. The first-order chi connectivity index (χ1) is 16.0. The van der Waals surface area contributed by atoms with E-state index in [1.807, 2.05) is 67.3 Å². The Balaban J connectivity index is 1.42. The van der Waals surface area contributed by atoms with Crippen LogP contribution in [0.5, 0.6) is 5.75 Å². The third kappa shape index (κ3) is 5.51. The zero-order valence-electron chi connectivity index (χ0n) is 18.9. The lowest BCUT2D eigenvalue weighted by atomic mass is 10.1. The molecular weight excluding hydrogens is 436 g/mol. The normalized spacial score (nSPS) is 14.6. The Morgan fingerprint density at radius 3 is 2.48 bits per heavy atom. The molecule has 33 heavy (non-hydrogen) atoms. The fourth-order valence-electron chi connectivity index (χ4n) is 3.75. The molecule has 1 amide bonds. The monoisotopic (exact) mass is 464 g/mol. The van der Waals surface area contributed by atoms with Crippen molar-refractivity contribution in [3.63, 3.8) is 0 Å². The number of nitrogens with one attached hydrogen (secondary N) is 1. The average molecular weight is 465 g/mol. The van der Waals surface area contributed by atoms with Crippen LogP contribution in [0.15, 0.2) is 71.8 Å². The Labute approximate surface area is 197 Å². The van der Waals surface area contributed by atoms with Crippen molar-refractivity contribution in [3.8, 4) is 5.75 Å². The number of nitrogens with zero attached hydrogens (tertiary/aromatic N) is 3. The Morgan fingerprint density at radius 1 is 1.06 bits per heavy atom. The Hall–Kier alpha value is -3.39. The van der Waals surface area contributed by atoms with Gasteiger partial charge in [-0.2, -0.15) is 0 Å². The van der Waals surface area contributed by atoms with Crippen LogP contribution in [0, 0.1) is 6.92 Å². The summed E-state index contributed by atoms with van der Waals surface area (Å²) in [6.07, 6.45) is 1.78. The molecule has 1 saturated heterocycles. The van der Waals surface area contributed by atoms with Crippen molar-refractivity contribution in [1.82, 2.24) is 9.88 Å². The van der Waals surface area contributed by atoms with Crippen LogP contribution in [0.2, 0.25) is 0 Å². The number of benzene rings is 2. The molecule has 1 N–H and O–H groups in total. The average Bonchev–Trinajstić information content (AvgIpc) is 2.86. The molecule has 0 radical (unpaired) electrons. The lowest BCUT2D eigenvalue weighted by Crippen LogP contribution is -2.49. The van der Waals surface area contributed by atoms with Gasteiger partial charge in [-0.05, 0) is 67.9 Å². The zero-order chi connectivity index (χ0) is 23.2. The second kappa shape index (κ2) is 10.5. The van der Waals surface area contributed by atoms with Crippen molar-refractivity contribution in [2.75, 3.05) is 42.4 Å². The van der Waals surface area contributed by atoms with Gasteiger partial charge in [0.15, 0.2) is 0 Å². The molecule has 1 unspecified atom stereocenters. The summed E-state index contributed by atoms with van der Waals surface area (Å²) in [6.45, 7) is 7.12. The van der Waals surface area contributed by atoms with E-state index in [0.717, 1.165) is 35.9 Å². The van der Waals surface area contributed by atoms with Crippen molar-refractivity contribution in [3.05, 3.63) is 78.0 Å². The van der Waals surface area contributed by atoms with Gasteiger partial charge in [0, 0.05) is 43.6 Å². The highest BCUT2D eigenvalue weighted by Gasteiger charge is 2.24. The van der Waals surface area contributed by atoms with E-state index in [-0.39, 0.29) is 5.91 Å². The van der Waals surface area contributed by atoms with Crippen LogP contribution in [0.3, 0.4) is 0 Å². The number of ether oxygens (including phenoxy) is 1. The van der Waals surface area contributed by atoms with Gasteiger partial charge < -0.3 is 19.3 Å². The summed E-state index contributed by atoms with van der Waals surface area (Å²) in [6, 6.07) is 18.5. The Morgan fingerprint density at radius 2 is 1.82 bits per heavy atom. The summed E-state index contributed by atoms with van der Waals surface area (Å²) < 4.78 is 21.4. The van der Waals surface area contributed by atoms with Crippen molar-refractivity contribution in [1.29, 1.82) is 0 Å². The molecule has 172 valence electrons. The number of carbonyl (C=O) groups excluding carboxylic acids is 1. The summed E-state index contributed by atoms with van der Waals surface area (Å²) >= 11 is 0. The molecule has 1 aliphatic rings. The minimum atomic E-state index is -1.49. The van der Waals surface area contributed by atoms with Gasteiger partial charge in [0.25, 0.3) is 5.91 Å². The van der Waals surface area contributed by atoms with E-state index in [1.54, 1.807) is 18.3 Å². The molecule has 1 aromatic heterocycles.